The molecule has 3 N–H and O–H groups in total. The Balaban J connectivity index is 2.50. The Bertz CT molecular complexity index is 330. The molecule has 13 heavy (non-hydrogen) atoms. The van der Waals surface area contributed by atoms with Crippen molar-refractivity contribution in [3.05, 3.63) is 28.8 Å². The number of rotatable bonds is 1. The highest BCUT2D eigenvalue weighted by Gasteiger charge is 2.42. The average molecular weight is 177 g/mol. The number of aryl methyl sites for hydroxylation is 2. The first-order chi connectivity index (χ1) is 6.03. The topological polar surface area (TPSA) is 46.2 Å². The molecule has 2 nitrogen and oxygen atoms in total. The van der Waals surface area contributed by atoms with Gasteiger partial charge in [0.1, 0.15) is 0 Å². The minimum absolute atomic E-state index is 0.538. The van der Waals surface area contributed by atoms with E-state index in [0.29, 0.717) is 0 Å². The smallest absolute Gasteiger partial charge is 0.0899 e. The van der Waals surface area contributed by atoms with E-state index in [9.17, 15) is 5.11 Å². The number of hydrogen-bond donors (Lipinski definition) is 2. The van der Waals surface area contributed by atoms with Crippen LogP contribution in [-0.4, -0.2) is 5.11 Å². The molecule has 2 heteroatoms. The summed E-state index contributed by atoms with van der Waals surface area (Å²) in [6.45, 7) is 3.97. The SMILES string of the molecule is Cc1cc(C2(O)CC2)cc(C)c1N. The summed E-state index contributed by atoms with van der Waals surface area (Å²) in [6.07, 6.45) is 1.77. The second-order valence-corrected chi connectivity index (χ2v) is 4.06. The van der Waals surface area contributed by atoms with Crippen LogP contribution < -0.4 is 5.73 Å². The van der Waals surface area contributed by atoms with Crippen LogP contribution in [0.25, 0.3) is 0 Å². The molecule has 0 amide bonds. The molecule has 1 aromatic carbocycles. The van der Waals surface area contributed by atoms with Gasteiger partial charge in [0.25, 0.3) is 0 Å². The number of nitrogen functional groups attached to an aromatic ring is 1. The monoisotopic (exact) mass is 177 g/mol. The fourth-order valence-corrected chi connectivity index (χ4v) is 1.65. The van der Waals surface area contributed by atoms with Crippen LogP contribution in [-0.2, 0) is 5.60 Å². The Hall–Kier alpha value is -1.02. The largest absolute Gasteiger partial charge is 0.398 e. The normalized spacial score (nSPS) is 18.7. The summed E-state index contributed by atoms with van der Waals surface area (Å²) in [6, 6.07) is 3.99. The van der Waals surface area contributed by atoms with E-state index < -0.39 is 5.60 Å². The highest BCUT2D eigenvalue weighted by atomic mass is 16.3. The van der Waals surface area contributed by atoms with Crippen LogP contribution in [0.5, 0.6) is 0 Å². The Morgan fingerprint density at radius 1 is 1.23 bits per heavy atom. The highest BCUT2D eigenvalue weighted by Crippen LogP contribution is 2.46. The summed E-state index contributed by atoms with van der Waals surface area (Å²) >= 11 is 0. The van der Waals surface area contributed by atoms with E-state index in [-0.39, 0.29) is 0 Å². The van der Waals surface area contributed by atoms with Crippen LogP contribution >= 0.6 is 0 Å². The van der Waals surface area contributed by atoms with E-state index in [0.717, 1.165) is 35.2 Å². The van der Waals surface area contributed by atoms with Gasteiger partial charge in [-0.1, -0.05) is 12.1 Å². The summed E-state index contributed by atoms with van der Waals surface area (Å²) < 4.78 is 0. The van der Waals surface area contributed by atoms with Gasteiger partial charge in [0, 0.05) is 5.69 Å². The lowest BCUT2D eigenvalue weighted by molar-refractivity contribution is 0.151. The molecule has 0 saturated heterocycles. The second-order valence-electron chi connectivity index (χ2n) is 4.06. The Kier molecular flexibility index (Phi) is 1.64. The molecule has 1 aliphatic carbocycles. The third kappa shape index (κ3) is 1.31. The van der Waals surface area contributed by atoms with Gasteiger partial charge in [-0.05, 0) is 43.4 Å². The van der Waals surface area contributed by atoms with E-state index >= 15 is 0 Å². The third-order valence-electron chi connectivity index (χ3n) is 2.85. The van der Waals surface area contributed by atoms with Gasteiger partial charge >= 0.3 is 0 Å². The van der Waals surface area contributed by atoms with Crippen LogP contribution in [0, 0.1) is 13.8 Å². The predicted molar refractivity (Wildman–Crippen MR) is 53.5 cm³/mol. The number of aliphatic hydroxyl groups is 1. The van der Waals surface area contributed by atoms with Gasteiger partial charge in [-0.15, -0.1) is 0 Å². The van der Waals surface area contributed by atoms with E-state index in [4.69, 9.17) is 5.73 Å². The van der Waals surface area contributed by atoms with Gasteiger partial charge in [0.15, 0.2) is 0 Å². The predicted octanol–water partition coefficient (Wildman–Crippen LogP) is 1.87. The fraction of sp³-hybridized carbons (Fsp3) is 0.455. The first-order valence-electron chi connectivity index (χ1n) is 4.62. The molecule has 2 rings (SSSR count). The average Bonchev–Trinajstić information content (AvgIpc) is 2.80. The van der Waals surface area contributed by atoms with Crippen molar-refractivity contribution in [3.8, 4) is 0 Å². The van der Waals surface area contributed by atoms with Gasteiger partial charge in [-0.3, -0.25) is 0 Å². The maximum atomic E-state index is 9.90. The van der Waals surface area contributed by atoms with Crippen LogP contribution in [0.15, 0.2) is 12.1 Å². The summed E-state index contributed by atoms with van der Waals surface area (Å²) in [5.74, 6) is 0. The Morgan fingerprint density at radius 3 is 2.08 bits per heavy atom. The number of anilines is 1. The molecule has 1 saturated carbocycles. The molecule has 0 atom stereocenters. The summed E-state index contributed by atoms with van der Waals surface area (Å²) in [5, 5.41) is 9.90. The molecule has 0 aromatic heterocycles. The maximum absolute atomic E-state index is 9.90. The van der Waals surface area contributed by atoms with Crippen molar-refractivity contribution < 1.29 is 5.11 Å². The minimum atomic E-state index is -0.538. The van der Waals surface area contributed by atoms with Crippen molar-refractivity contribution in [1.82, 2.24) is 0 Å². The molecule has 0 bridgehead atoms. The summed E-state index contributed by atoms with van der Waals surface area (Å²) in [7, 11) is 0. The Morgan fingerprint density at radius 2 is 1.69 bits per heavy atom. The Labute approximate surface area is 78.4 Å². The number of nitrogens with two attached hydrogens (primary N) is 1. The first kappa shape index (κ1) is 8.57. The van der Waals surface area contributed by atoms with Crippen LogP contribution in [0.4, 0.5) is 5.69 Å². The zero-order valence-corrected chi connectivity index (χ0v) is 8.09. The maximum Gasteiger partial charge on any atom is 0.0899 e. The van der Waals surface area contributed by atoms with Crippen LogP contribution in [0.1, 0.15) is 29.5 Å². The third-order valence-corrected chi connectivity index (χ3v) is 2.85. The van der Waals surface area contributed by atoms with Crippen molar-refractivity contribution in [1.29, 1.82) is 0 Å². The van der Waals surface area contributed by atoms with Crippen LogP contribution in [0.3, 0.4) is 0 Å². The van der Waals surface area contributed by atoms with E-state index in [2.05, 4.69) is 0 Å². The lowest BCUT2D eigenvalue weighted by Crippen LogP contribution is -2.06. The van der Waals surface area contributed by atoms with E-state index in [1.54, 1.807) is 0 Å². The first-order valence-corrected chi connectivity index (χ1v) is 4.62. The molecule has 0 radical (unpaired) electrons. The molecular formula is C11H15NO. The van der Waals surface area contributed by atoms with Gasteiger partial charge in [-0.2, -0.15) is 0 Å². The second kappa shape index (κ2) is 2.48. The summed E-state index contributed by atoms with van der Waals surface area (Å²) in [4.78, 5) is 0. The fourth-order valence-electron chi connectivity index (χ4n) is 1.65. The lowest BCUT2D eigenvalue weighted by Gasteiger charge is -2.12. The molecular weight excluding hydrogens is 162 g/mol. The van der Waals surface area contributed by atoms with E-state index in [1.165, 1.54) is 0 Å². The van der Waals surface area contributed by atoms with Crippen molar-refractivity contribution >= 4 is 5.69 Å². The van der Waals surface area contributed by atoms with Crippen LogP contribution in [0.2, 0.25) is 0 Å². The zero-order valence-electron chi connectivity index (χ0n) is 8.09. The molecule has 0 heterocycles. The molecule has 1 aromatic rings. The zero-order chi connectivity index (χ0) is 9.64. The number of benzene rings is 1. The quantitative estimate of drug-likeness (QED) is 0.643. The summed E-state index contributed by atoms with van der Waals surface area (Å²) in [5.41, 5.74) is 9.29. The van der Waals surface area contributed by atoms with E-state index in [1.807, 2.05) is 26.0 Å². The van der Waals surface area contributed by atoms with Crippen molar-refractivity contribution in [2.24, 2.45) is 0 Å². The van der Waals surface area contributed by atoms with Crippen molar-refractivity contribution in [2.75, 3.05) is 5.73 Å². The van der Waals surface area contributed by atoms with Gasteiger partial charge in [0.05, 0.1) is 5.60 Å². The molecule has 1 fully saturated rings. The molecule has 1 aliphatic rings. The standard InChI is InChI=1S/C11H15NO/c1-7-5-9(11(13)3-4-11)6-8(2)10(7)12/h5-6,13H,3-4,12H2,1-2H3. The molecule has 0 spiro atoms. The molecule has 0 unspecified atom stereocenters. The van der Waals surface area contributed by atoms with Gasteiger partial charge < -0.3 is 10.8 Å². The lowest BCUT2D eigenvalue weighted by atomic mass is 10.00. The minimum Gasteiger partial charge on any atom is -0.398 e. The number of hydrogen-bond acceptors (Lipinski definition) is 2. The van der Waals surface area contributed by atoms with Crippen molar-refractivity contribution in [3.63, 3.8) is 0 Å². The van der Waals surface area contributed by atoms with Crippen molar-refractivity contribution in [2.45, 2.75) is 32.3 Å². The molecule has 0 aliphatic heterocycles. The molecule has 70 valence electrons. The van der Waals surface area contributed by atoms with Gasteiger partial charge in [0.2, 0.25) is 0 Å². The van der Waals surface area contributed by atoms with Gasteiger partial charge in [-0.25, -0.2) is 0 Å². The highest BCUT2D eigenvalue weighted by molar-refractivity contribution is 5.55.